The SMILES string of the molecule is CCN(CC1CC1)S(=O)(=O)c1cccc(C#CCO)c1. The van der Waals surface area contributed by atoms with Gasteiger partial charge >= 0.3 is 0 Å². The van der Waals surface area contributed by atoms with Crippen molar-refractivity contribution < 1.29 is 13.5 Å². The minimum absolute atomic E-state index is 0.236. The van der Waals surface area contributed by atoms with Gasteiger partial charge in [-0.3, -0.25) is 0 Å². The van der Waals surface area contributed by atoms with Crippen LogP contribution in [0.5, 0.6) is 0 Å². The van der Waals surface area contributed by atoms with Crippen LogP contribution in [0, 0.1) is 17.8 Å². The Balaban J connectivity index is 2.27. The van der Waals surface area contributed by atoms with Crippen LogP contribution in [0.3, 0.4) is 0 Å². The van der Waals surface area contributed by atoms with E-state index in [2.05, 4.69) is 11.8 Å². The molecule has 1 aliphatic rings. The molecule has 0 radical (unpaired) electrons. The van der Waals surface area contributed by atoms with Gasteiger partial charge in [0.15, 0.2) is 0 Å². The van der Waals surface area contributed by atoms with Crippen molar-refractivity contribution in [1.29, 1.82) is 0 Å². The zero-order valence-corrected chi connectivity index (χ0v) is 12.4. The van der Waals surface area contributed by atoms with E-state index < -0.39 is 10.0 Å². The third-order valence-corrected chi connectivity index (χ3v) is 5.23. The first-order chi connectivity index (χ1) is 9.57. The molecule has 0 aromatic heterocycles. The number of nitrogens with zero attached hydrogens (tertiary/aromatic N) is 1. The lowest BCUT2D eigenvalue weighted by Crippen LogP contribution is -2.32. The first-order valence-electron chi connectivity index (χ1n) is 6.78. The Morgan fingerprint density at radius 1 is 1.40 bits per heavy atom. The summed E-state index contributed by atoms with van der Waals surface area (Å²) in [5.41, 5.74) is 0.600. The second kappa shape index (κ2) is 6.40. The van der Waals surface area contributed by atoms with Crippen molar-refractivity contribution in [2.75, 3.05) is 19.7 Å². The van der Waals surface area contributed by atoms with Crippen LogP contribution in [0.4, 0.5) is 0 Å². The highest BCUT2D eigenvalue weighted by Gasteiger charge is 2.30. The van der Waals surface area contributed by atoms with Gasteiger partial charge in [-0.1, -0.05) is 24.8 Å². The summed E-state index contributed by atoms with van der Waals surface area (Å²) >= 11 is 0. The average molecular weight is 293 g/mol. The molecule has 0 bridgehead atoms. The lowest BCUT2D eigenvalue weighted by atomic mass is 10.2. The molecule has 4 nitrogen and oxygen atoms in total. The van der Waals surface area contributed by atoms with Gasteiger partial charge in [0.05, 0.1) is 4.90 Å². The van der Waals surface area contributed by atoms with Crippen LogP contribution in [-0.2, 0) is 10.0 Å². The molecule has 0 spiro atoms. The Morgan fingerprint density at radius 3 is 2.75 bits per heavy atom. The maximum absolute atomic E-state index is 12.6. The quantitative estimate of drug-likeness (QED) is 0.836. The summed E-state index contributed by atoms with van der Waals surface area (Å²) in [5, 5.41) is 8.69. The molecule has 0 heterocycles. The number of aliphatic hydroxyl groups is 1. The van der Waals surface area contributed by atoms with E-state index in [0.29, 0.717) is 24.6 Å². The molecule has 2 rings (SSSR count). The Hall–Kier alpha value is -1.35. The van der Waals surface area contributed by atoms with Crippen molar-refractivity contribution in [3.05, 3.63) is 29.8 Å². The Kier molecular flexibility index (Phi) is 4.81. The lowest BCUT2D eigenvalue weighted by Gasteiger charge is -2.20. The lowest BCUT2D eigenvalue weighted by molar-refractivity contribution is 0.350. The third-order valence-electron chi connectivity index (χ3n) is 3.30. The molecule has 1 saturated carbocycles. The van der Waals surface area contributed by atoms with Crippen LogP contribution in [-0.4, -0.2) is 37.5 Å². The highest BCUT2D eigenvalue weighted by atomic mass is 32.2. The van der Waals surface area contributed by atoms with Crippen molar-refractivity contribution in [3.63, 3.8) is 0 Å². The van der Waals surface area contributed by atoms with Crippen LogP contribution >= 0.6 is 0 Å². The summed E-state index contributed by atoms with van der Waals surface area (Å²) in [5.74, 6) is 5.78. The molecule has 0 unspecified atom stereocenters. The molecular weight excluding hydrogens is 274 g/mol. The highest BCUT2D eigenvalue weighted by molar-refractivity contribution is 7.89. The fraction of sp³-hybridized carbons (Fsp3) is 0.467. The molecule has 1 fully saturated rings. The zero-order valence-electron chi connectivity index (χ0n) is 11.5. The predicted octanol–water partition coefficient (Wildman–Crippen LogP) is 1.45. The minimum Gasteiger partial charge on any atom is -0.384 e. The van der Waals surface area contributed by atoms with Gasteiger partial charge in [-0.05, 0) is 37.0 Å². The summed E-state index contributed by atoms with van der Waals surface area (Å²) in [6.45, 7) is 2.70. The van der Waals surface area contributed by atoms with Gasteiger partial charge in [0.1, 0.15) is 6.61 Å². The molecular formula is C15H19NO3S. The Labute approximate surface area is 120 Å². The number of aliphatic hydroxyl groups excluding tert-OH is 1. The standard InChI is InChI=1S/C15H19NO3S/c1-2-16(12-14-8-9-14)20(18,19)15-7-3-5-13(11-15)6-4-10-17/h3,5,7,11,14,17H,2,8-10,12H2,1H3. The summed E-state index contributed by atoms with van der Waals surface area (Å²) in [6, 6.07) is 6.57. The van der Waals surface area contributed by atoms with E-state index >= 15 is 0 Å². The molecule has 0 atom stereocenters. The number of rotatable bonds is 5. The minimum atomic E-state index is -3.45. The van der Waals surface area contributed by atoms with E-state index in [4.69, 9.17) is 5.11 Å². The maximum Gasteiger partial charge on any atom is 0.243 e. The van der Waals surface area contributed by atoms with Crippen LogP contribution < -0.4 is 0 Å². The summed E-state index contributed by atoms with van der Waals surface area (Å²) in [7, 11) is -3.45. The van der Waals surface area contributed by atoms with E-state index in [9.17, 15) is 8.42 Å². The molecule has 0 amide bonds. The smallest absolute Gasteiger partial charge is 0.243 e. The molecule has 0 saturated heterocycles. The molecule has 1 aromatic carbocycles. The normalized spacial score (nSPS) is 14.9. The van der Waals surface area contributed by atoms with E-state index in [-0.39, 0.29) is 11.5 Å². The largest absolute Gasteiger partial charge is 0.384 e. The van der Waals surface area contributed by atoms with Crippen LogP contribution in [0.25, 0.3) is 0 Å². The van der Waals surface area contributed by atoms with Crippen LogP contribution in [0.2, 0.25) is 0 Å². The van der Waals surface area contributed by atoms with Gasteiger partial charge in [0, 0.05) is 18.7 Å². The van der Waals surface area contributed by atoms with E-state index in [1.54, 1.807) is 24.3 Å². The second-order valence-electron chi connectivity index (χ2n) is 4.89. The van der Waals surface area contributed by atoms with E-state index in [1.807, 2.05) is 6.92 Å². The summed E-state index contributed by atoms with van der Waals surface area (Å²) in [4.78, 5) is 0.268. The fourth-order valence-corrected chi connectivity index (χ4v) is 3.58. The molecule has 1 N–H and O–H groups in total. The summed E-state index contributed by atoms with van der Waals surface area (Å²) in [6.07, 6.45) is 2.24. The van der Waals surface area contributed by atoms with Crippen molar-refractivity contribution >= 4 is 10.0 Å². The molecule has 0 aliphatic heterocycles. The van der Waals surface area contributed by atoms with Gasteiger partial charge in [-0.15, -0.1) is 0 Å². The van der Waals surface area contributed by atoms with Crippen LogP contribution in [0.1, 0.15) is 25.3 Å². The second-order valence-corrected chi connectivity index (χ2v) is 6.82. The number of sulfonamides is 1. The van der Waals surface area contributed by atoms with Gasteiger partial charge in [0.2, 0.25) is 10.0 Å². The van der Waals surface area contributed by atoms with Gasteiger partial charge in [-0.2, -0.15) is 4.31 Å². The number of hydrogen-bond acceptors (Lipinski definition) is 3. The van der Waals surface area contributed by atoms with E-state index in [1.165, 1.54) is 4.31 Å². The zero-order chi connectivity index (χ0) is 14.6. The third kappa shape index (κ3) is 3.60. The van der Waals surface area contributed by atoms with Gasteiger partial charge in [-0.25, -0.2) is 8.42 Å². The van der Waals surface area contributed by atoms with Crippen molar-refractivity contribution in [2.24, 2.45) is 5.92 Å². The maximum atomic E-state index is 12.6. The fourth-order valence-electron chi connectivity index (χ4n) is 2.01. The number of hydrogen-bond donors (Lipinski definition) is 1. The van der Waals surface area contributed by atoms with Gasteiger partial charge in [0.25, 0.3) is 0 Å². The molecule has 20 heavy (non-hydrogen) atoms. The summed E-state index contributed by atoms with van der Waals surface area (Å²) < 4.78 is 26.7. The first-order valence-corrected chi connectivity index (χ1v) is 8.22. The van der Waals surface area contributed by atoms with E-state index in [0.717, 1.165) is 12.8 Å². The Bertz CT molecular complexity index is 624. The van der Waals surface area contributed by atoms with Crippen molar-refractivity contribution in [1.82, 2.24) is 4.31 Å². The molecule has 1 aliphatic carbocycles. The number of benzene rings is 1. The topological polar surface area (TPSA) is 57.6 Å². The first kappa shape index (κ1) is 15.0. The van der Waals surface area contributed by atoms with Crippen molar-refractivity contribution in [2.45, 2.75) is 24.7 Å². The van der Waals surface area contributed by atoms with Crippen molar-refractivity contribution in [3.8, 4) is 11.8 Å². The average Bonchev–Trinajstić information content (AvgIpc) is 3.26. The predicted molar refractivity (Wildman–Crippen MR) is 77.6 cm³/mol. The Morgan fingerprint density at radius 2 is 2.15 bits per heavy atom. The van der Waals surface area contributed by atoms with Gasteiger partial charge < -0.3 is 5.11 Å². The molecule has 108 valence electrons. The molecule has 1 aromatic rings. The monoisotopic (exact) mass is 293 g/mol. The van der Waals surface area contributed by atoms with Crippen LogP contribution in [0.15, 0.2) is 29.2 Å². The molecule has 5 heteroatoms. The highest BCUT2D eigenvalue weighted by Crippen LogP contribution is 2.31.